The molecule has 2 amide bonds. The summed E-state index contributed by atoms with van der Waals surface area (Å²) < 4.78 is 0. The standard InChI is InChI=1S/C16H28N2O2/c1-6-16(5)14(20)17-12(15(2,3)4)13(19)18(16)10-11-8-7-9-11/h11-12H,6-10H2,1-5H3,(H,17,20). The summed E-state index contributed by atoms with van der Waals surface area (Å²) in [5.74, 6) is 0.670. The fourth-order valence-corrected chi connectivity index (χ4v) is 3.03. The van der Waals surface area contributed by atoms with Crippen molar-refractivity contribution < 1.29 is 9.59 Å². The normalized spacial score (nSPS) is 32.0. The van der Waals surface area contributed by atoms with Gasteiger partial charge in [0, 0.05) is 6.54 Å². The van der Waals surface area contributed by atoms with Crippen LogP contribution < -0.4 is 5.32 Å². The molecule has 0 radical (unpaired) electrons. The molecule has 2 rings (SSSR count). The lowest BCUT2D eigenvalue weighted by Gasteiger charge is -2.50. The number of hydrogen-bond acceptors (Lipinski definition) is 2. The summed E-state index contributed by atoms with van der Waals surface area (Å²) in [5.41, 5.74) is -0.936. The quantitative estimate of drug-likeness (QED) is 0.862. The summed E-state index contributed by atoms with van der Waals surface area (Å²) in [6.45, 7) is 10.6. The summed E-state index contributed by atoms with van der Waals surface area (Å²) in [6.07, 6.45) is 4.29. The van der Waals surface area contributed by atoms with Crippen molar-refractivity contribution in [1.82, 2.24) is 10.2 Å². The molecule has 0 aromatic rings. The van der Waals surface area contributed by atoms with Gasteiger partial charge in [-0.3, -0.25) is 9.59 Å². The Hall–Kier alpha value is -1.06. The number of carbonyl (C=O) groups excluding carboxylic acids is 2. The van der Waals surface area contributed by atoms with Crippen LogP contribution >= 0.6 is 0 Å². The van der Waals surface area contributed by atoms with Crippen molar-refractivity contribution in [3.63, 3.8) is 0 Å². The highest BCUT2D eigenvalue weighted by molar-refractivity contribution is 6.00. The Bertz CT molecular complexity index is 409. The molecule has 1 heterocycles. The van der Waals surface area contributed by atoms with Crippen LogP contribution in [-0.4, -0.2) is 34.8 Å². The van der Waals surface area contributed by atoms with Gasteiger partial charge in [-0.25, -0.2) is 0 Å². The Balaban J connectivity index is 2.28. The van der Waals surface area contributed by atoms with E-state index in [0.29, 0.717) is 12.3 Å². The highest BCUT2D eigenvalue weighted by atomic mass is 16.2. The third kappa shape index (κ3) is 2.45. The van der Waals surface area contributed by atoms with Crippen LogP contribution in [0.15, 0.2) is 0 Å². The van der Waals surface area contributed by atoms with Crippen LogP contribution in [0.2, 0.25) is 0 Å². The van der Waals surface area contributed by atoms with Gasteiger partial charge in [-0.2, -0.15) is 0 Å². The molecule has 0 bridgehead atoms. The fraction of sp³-hybridized carbons (Fsp3) is 0.875. The molecule has 0 aromatic heterocycles. The van der Waals surface area contributed by atoms with E-state index in [0.717, 1.165) is 6.54 Å². The molecule has 0 spiro atoms. The number of nitrogens with one attached hydrogen (secondary N) is 1. The third-order valence-electron chi connectivity index (χ3n) is 5.09. The van der Waals surface area contributed by atoms with E-state index >= 15 is 0 Å². The predicted molar refractivity (Wildman–Crippen MR) is 79.1 cm³/mol. The third-order valence-corrected chi connectivity index (χ3v) is 5.09. The SMILES string of the molecule is CCC1(C)C(=O)NC(C(C)(C)C)C(=O)N1CC1CCC1. The van der Waals surface area contributed by atoms with Crippen molar-refractivity contribution in [3.8, 4) is 0 Å². The van der Waals surface area contributed by atoms with Gasteiger partial charge in [-0.05, 0) is 37.5 Å². The average molecular weight is 280 g/mol. The molecule has 0 aromatic carbocycles. The van der Waals surface area contributed by atoms with Gasteiger partial charge >= 0.3 is 0 Å². The minimum atomic E-state index is -0.686. The zero-order valence-electron chi connectivity index (χ0n) is 13.5. The number of hydrogen-bond donors (Lipinski definition) is 1. The second-order valence-electron chi connectivity index (χ2n) is 7.65. The molecule has 1 saturated heterocycles. The molecular formula is C16H28N2O2. The van der Waals surface area contributed by atoms with Crippen LogP contribution in [0, 0.1) is 11.3 Å². The van der Waals surface area contributed by atoms with Crippen molar-refractivity contribution in [1.29, 1.82) is 0 Å². The van der Waals surface area contributed by atoms with Gasteiger partial charge in [0.25, 0.3) is 0 Å². The second kappa shape index (κ2) is 5.05. The Labute approximate surface area is 122 Å². The zero-order chi connectivity index (χ0) is 15.1. The van der Waals surface area contributed by atoms with E-state index in [1.807, 2.05) is 39.5 Å². The van der Waals surface area contributed by atoms with Gasteiger partial charge in [0.1, 0.15) is 11.6 Å². The smallest absolute Gasteiger partial charge is 0.246 e. The maximum absolute atomic E-state index is 12.9. The Morgan fingerprint density at radius 3 is 2.30 bits per heavy atom. The Morgan fingerprint density at radius 2 is 1.90 bits per heavy atom. The van der Waals surface area contributed by atoms with Crippen LogP contribution in [0.5, 0.6) is 0 Å². The Morgan fingerprint density at radius 1 is 1.30 bits per heavy atom. The van der Waals surface area contributed by atoms with Crippen molar-refractivity contribution in [2.45, 2.75) is 71.9 Å². The minimum absolute atomic E-state index is 0.00107. The topological polar surface area (TPSA) is 49.4 Å². The minimum Gasteiger partial charge on any atom is -0.342 e. The maximum atomic E-state index is 12.9. The first kappa shape index (κ1) is 15.3. The molecule has 20 heavy (non-hydrogen) atoms. The average Bonchev–Trinajstić information content (AvgIpc) is 2.30. The van der Waals surface area contributed by atoms with E-state index in [-0.39, 0.29) is 17.2 Å². The van der Waals surface area contributed by atoms with Crippen LogP contribution in [0.3, 0.4) is 0 Å². The Kier molecular flexibility index (Phi) is 3.87. The molecule has 2 unspecified atom stereocenters. The van der Waals surface area contributed by atoms with Gasteiger partial charge in [0.05, 0.1) is 0 Å². The largest absolute Gasteiger partial charge is 0.342 e. The van der Waals surface area contributed by atoms with Crippen molar-refractivity contribution in [3.05, 3.63) is 0 Å². The lowest BCUT2D eigenvalue weighted by Crippen LogP contribution is -2.72. The number of nitrogens with zero attached hydrogens (tertiary/aromatic N) is 1. The molecule has 1 aliphatic heterocycles. The van der Waals surface area contributed by atoms with E-state index in [2.05, 4.69) is 5.32 Å². The summed E-state index contributed by atoms with van der Waals surface area (Å²) in [5, 5.41) is 2.96. The first-order valence-corrected chi connectivity index (χ1v) is 7.82. The van der Waals surface area contributed by atoms with Crippen molar-refractivity contribution >= 4 is 11.8 Å². The zero-order valence-corrected chi connectivity index (χ0v) is 13.5. The van der Waals surface area contributed by atoms with Gasteiger partial charge in [0.2, 0.25) is 11.8 Å². The van der Waals surface area contributed by atoms with E-state index in [1.54, 1.807) is 0 Å². The van der Waals surface area contributed by atoms with E-state index in [4.69, 9.17) is 0 Å². The van der Waals surface area contributed by atoms with Crippen LogP contribution in [0.1, 0.15) is 60.3 Å². The van der Waals surface area contributed by atoms with E-state index in [9.17, 15) is 9.59 Å². The highest BCUT2D eigenvalue weighted by Gasteiger charge is 2.51. The first-order valence-electron chi connectivity index (χ1n) is 7.82. The van der Waals surface area contributed by atoms with Gasteiger partial charge in [0.15, 0.2) is 0 Å². The van der Waals surface area contributed by atoms with Crippen LogP contribution in [-0.2, 0) is 9.59 Å². The summed E-state index contributed by atoms with van der Waals surface area (Å²) in [7, 11) is 0. The molecule has 2 fully saturated rings. The van der Waals surface area contributed by atoms with Crippen LogP contribution in [0.4, 0.5) is 0 Å². The van der Waals surface area contributed by atoms with Gasteiger partial charge in [-0.15, -0.1) is 0 Å². The summed E-state index contributed by atoms with van der Waals surface area (Å²) >= 11 is 0. The fourth-order valence-electron chi connectivity index (χ4n) is 3.03. The van der Waals surface area contributed by atoms with E-state index < -0.39 is 11.6 Å². The van der Waals surface area contributed by atoms with Crippen molar-refractivity contribution in [2.24, 2.45) is 11.3 Å². The summed E-state index contributed by atoms with van der Waals surface area (Å²) in [6, 6.07) is -0.408. The first-order chi connectivity index (χ1) is 9.20. The highest BCUT2D eigenvalue weighted by Crippen LogP contribution is 2.35. The molecule has 2 aliphatic rings. The molecular weight excluding hydrogens is 252 g/mol. The summed E-state index contributed by atoms with van der Waals surface area (Å²) in [4.78, 5) is 27.3. The van der Waals surface area contributed by atoms with Gasteiger partial charge in [-0.1, -0.05) is 34.1 Å². The second-order valence-corrected chi connectivity index (χ2v) is 7.65. The van der Waals surface area contributed by atoms with Crippen LogP contribution in [0.25, 0.3) is 0 Å². The van der Waals surface area contributed by atoms with E-state index in [1.165, 1.54) is 19.3 Å². The number of carbonyl (C=O) groups is 2. The molecule has 4 nitrogen and oxygen atoms in total. The van der Waals surface area contributed by atoms with Crippen molar-refractivity contribution in [2.75, 3.05) is 6.54 Å². The number of piperazine rings is 1. The molecule has 1 N–H and O–H groups in total. The molecule has 114 valence electrons. The lowest BCUT2D eigenvalue weighted by molar-refractivity contribution is -0.161. The number of amides is 2. The molecule has 1 saturated carbocycles. The molecule has 1 aliphatic carbocycles. The predicted octanol–water partition coefficient (Wildman–Crippen LogP) is 2.33. The number of rotatable bonds is 3. The lowest BCUT2D eigenvalue weighted by atomic mass is 9.78. The molecule has 4 heteroatoms. The molecule has 2 atom stereocenters. The van der Waals surface area contributed by atoms with Gasteiger partial charge < -0.3 is 10.2 Å². The monoisotopic (exact) mass is 280 g/mol. The maximum Gasteiger partial charge on any atom is 0.246 e.